The van der Waals surface area contributed by atoms with Gasteiger partial charge >= 0.3 is 6.03 Å². The molecular formula is C30H33ClN4O3. The van der Waals surface area contributed by atoms with Gasteiger partial charge in [-0.25, -0.2) is 9.78 Å². The molecule has 0 saturated heterocycles. The first-order valence-corrected chi connectivity index (χ1v) is 13.2. The minimum atomic E-state index is -0.534. The third-order valence-electron chi connectivity index (χ3n) is 6.56. The molecule has 0 aliphatic rings. The number of ether oxygens (including phenoxy) is 1. The fourth-order valence-electron chi connectivity index (χ4n) is 4.54. The van der Waals surface area contributed by atoms with Crippen molar-refractivity contribution in [2.24, 2.45) is 0 Å². The number of halogens is 1. The first-order valence-electron chi connectivity index (χ1n) is 12.8. The zero-order valence-electron chi connectivity index (χ0n) is 22.2. The Morgan fingerprint density at radius 2 is 1.89 bits per heavy atom. The van der Waals surface area contributed by atoms with Crippen molar-refractivity contribution in [3.05, 3.63) is 93.5 Å². The first-order chi connectivity index (χ1) is 18.3. The van der Waals surface area contributed by atoms with E-state index in [4.69, 9.17) is 21.3 Å². The predicted molar refractivity (Wildman–Crippen MR) is 154 cm³/mol. The van der Waals surface area contributed by atoms with Crippen molar-refractivity contribution in [3.8, 4) is 11.4 Å². The molecule has 1 heterocycles. The maximum absolute atomic E-state index is 13.9. The van der Waals surface area contributed by atoms with Gasteiger partial charge in [-0.3, -0.25) is 9.36 Å². The quantitative estimate of drug-likeness (QED) is 0.232. The van der Waals surface area contributed by atoms with Crippen LogP contribution in [0.2, 0.25) is 5.02 Å². The summed E-state index contributed by atoms with van der Waals surface area (Å²) in [5.74, 6) is 1.000. The molecule has 4 aromatic rings. The summed E-state index contributed by atoms with van der Waals surface area (Å²) in [6.45, 7) is 6.47. The molecule has 1 unspecified atom stereocenters. The lowest BCUT2D eigenvalue weighted by atomic mass is 10.1. The fraction of sp³-hybridized carbons (Fsp3) is 0.300. The number of hydrogen-bond donors (Lipinski definition) is 1. The molecule has 3 aromatic carbocycles. The topological polar surface area (TPSA) is 76.5 Å². The molecule has 0 spiro atoms. The molecule has 1 N–H and O–H groups in total. The Morgan fingerprint density at radius 1 is 1.11 bits per heavy atom. The fourth-order valence-corrected chi connectivity index (χ4v) is 4.73. The molecule has 0 saturated carbocycles. The average Bonchev–Trinajstić information content (AvgIpc) is 2.90. The Kier molecular flexibility index (Phi) is 8.69. The predicted octanol–water partition coefficient (Wildman–Crippen LogP) is 7.14. The molecule has 7 nitrogen and oxygen atoms in total. The van der Waals surface area contributed by atoms with Crippen LogP contribution in [0.4, 0.5) is 10.5 Å². The van der Waals surface area contributed by atoms with Crippen LogP contribution in [0.25, 0.3) is 16.6 Å². The van der Waals surface area contributed by atoms with E-state index in [0.29, 0.717) is 45.4 Å². The standard InChI is InChI=1S/C30H33ClN4O3/c1-5-6-9-17-34(30(37)32-23-12-10-11-22(31)19-23)21(3)28-33-25-14-8-7-13-24(25)29(36)35(28)26-18-20(2)15-16-27(26)38-4/h7-8,10-16,18-19,21H,5-6,9,17H2,1-4H3,(H,32,37). The van der Waals surface area contributed by atoms with E-state index < -0.39 is 6.04 Å². The number of urea groups is 1. The number of hydrogen-bond acceptors (Lipinski definition) is 4. The number of rotatable bonds is 9. The number of nitrogens with zero attached hydrogens (tertiary/aromatic N) is 3. The summed E-state index contributed by atoms with van der Waals surface area (Å²) in [5.41, 5.74) is 2.51. The van der Waals surface area contributed by atoms with Crippen LogP contribution in [0.15, 0.2) is 71.5 Å². The van der Waals surface area contributed by atoms with Crippen molar-refractivity contribution >= 4 is 34.2 Å². The number of methoxy groups -OCH3 is 1. The number of carbonyl (C=O) groups is 1. The summed E-state index contributed by atoms with van der Waals surface area (Å²) in [6.07, 6.45) is 2.80. The highest BCUT2D eigenvalue weighted by atomic mass is 35.5. The highest BCUT2D eigenvalue weighted by molar-refractivity contribution is 6.30. The van der Waals surface area contributed by atoms with E-state index in [1.165, 1.54) is 0 Å². The van der Waals surface area contributed by atoms with Gasteiger partial charge in [-0.05, 0) is 68.3 Å². The molecule has 38 heavy (non-hydrogen) atoms. The van der Waals surface area contributed by atoms with Crippen molar-refractivity contribution in [3.63, 3.8) is 0 Å². The van der Waals surface area contributed by atoms with Gasteiger partial charge in [0.05, 0.1) is 29.7 Å². The summed E-state index contributed by atoms with van der Waals surface area (Å²) in [6, 6.07) is 19.1. The molecule has 1 aromatic heterocycles. The normalized spacial score (nSPS) is 11.8. The summed E-state index contributed by atoms with van der Waals surface area (Å²) in [5, 5.41) is 3.99. The van der Waals surface area contributed by atoms with Gasteiger partial charge in [-0.2, -0.15) is 0 Å². The second kappa shape index (κ2) is 12.1. The minimum absolute atomic E-state index is 0.217. The van der Waals surface area contributed by atoms with Crippen LogP contribution in [0.1, 0.15) is 50.5 Å². The number of amides is 2. The number of unbranched alkanes of at least 4 members (excludes halogenated alkanes) is 2. The lowest BCUT2D eigenvalue weighted by molar-refractivity contribution is 0.187. The third-order valence-corrected chi connectivity index (χ3v) is 6.79. The SMILES string of the molecule is CCCCCN(C(=O)Nc1cccc(Cl)c1)C(C)c1nc2ccccc2c(=O)n1-c1cc(C)ccc1OC. The van der Waals surface area contributed by atoms with Gasteiger partial charge in [0.2, 0.25) is 0 Å². The molecule has 8 heteroatoms. The molecule has 0 bridgehead atoms. The van der Waals surface area contributed by atoms with Crippen LogP contribution in [0.5, 0.6) is 5.75 Å². The maximum Gasteiger partial charge on any atom is 0.322 e. The van der Waals surface area contributed by atoms with Crippen LogP contribution < -0.4 is 15.6 Å². The Bertz CT molecular complexity index is 1500. The number of nitrogens with one attached hydrogen (secondary N) is 1. The third kappa shape index (κ3) is 5.83. The minimum Gasteiger partial charge on any atom is -0.495 e. The zero-order valence-corrected chi connectivity index (χ0v) is 23.0. The van der Waals surface area contributed by atoms with Crippen molar-refractivity contribution in [1.82, 2.24) is 14.5 Å². The van der Waals surface area contributed by atoms with Gasteiger partial charge in [0.15, 0.2) is 0 Å². The lowest BCUT2D eigenvalue weighted by Gasteiger charge is -2.31. The lowest BCUT2D eigenvalue weighted by Crippen LogP contribution is -2.40. The first kappa shape index (κ1) is 27.2. The van der Waals surface area contributed by atoms with Crippen LogP contribution >= 0.6 is 11.6 Å². The van der Waals surface area contributed by atoms with Crippen molar-refractivity contribution in [2.45, 2.75) is 46.1 Å². The second-order valence-electron chi connectivity index (χ2n) is 9.32. The summed E-state index contributed by atoms with van der Waals surface area (Å²) < 4.78 is 7.22. The van der Waals surface area contributed by atoms with Crippen LogP contribution in [-0.2, 0) is 0 Å². The van der Waals surface area contributed by atoms with Crippen LogP contribution in [0, 0.1) is 6.92 Å². The number of aryl methyl sites for hydroxylation is 1. The maximum atomic E-state index is 13.9. The second-order valence-corrected chi connectivity index (χ2v) is 9.76. The zero-order chi connectivity index (χ0) is 27.2. The van der Waals surface area contributed by atoms with Crippen LogP contribution in [0.3, 0.4) is 0 Å². The Morgan fingerprint density at radius 3 is 2.63 bits per heavy atom. The van der Waals surface area contributed by atoms with E-state index in [1.807, 2.05) is 50.2 Å². The van der Waals surface area contributed by atoms with Gasteiger partial charge in [0.1, 0.15) is 11.6 Å². The number of anilines is 1. The number of benzene rings is 3. The highest BCUT2D eigenvalue weighted by Crippen LogP contribution is 2.29. The number of carbonyl (C=O) groups excluding carboxylic acids is 1. The van der Waals surface area contributed by atoms with Crippen molar-refractivity contribution in [1.29, 1.82) is 0 Å². The van der Waals surface area contributed by atoms with Gasteiger partial charge in [-0.1, -0.05) is 55.6 Å². The summed E-state index contributed by atoms with van der Waals surface area (Å²) in [4.78, 5) is 34.2. The number of aromatic nitrogens is 2. The van der Waals surface area contributed by atoms with E-state index in [2.05, 4.69) is 12.2 Å². The molecular weight excluding hydrogens is 500 g/mol. The molecule has 1 atom stereocenters. The molecule has 198 valence electrons. The molecule has 0 aliphatic heterocycles. The van der Waals surface area contributed by atoms with Gasteiger partial charge in [0, 0.05) is 17.3 Å². The monoisotopic (exact) mass is 532 g/mol. The Hall–Kier alpha value is -3.84. The smallest absolute Gasteiger partial charge is 0.322 e. The van der Waals surface area contributed by atoms with E-state index in [1.54, 1.807) is 46.9 Å². The van der Waals surface area contributed by atoms with Gasteiger partial charge in [0.25, 0.3) is 5.56 Å². The molecule has 0 radical (unpaired) electrons. The van der Waals surface area contributed by atoms with Crippen LogP contribution in [-0.4, -0.2) is 34.1 Å². The summed E-state index contributed by atoms with van der Waals surface area (Å²) in [7, 11) is 1.58. The molecule has 2 amide bonds. The van der Waals surface area contributed by atoms with E-state index >= 15 is 0 Å². The van der Waals surface area contributed by atoms with E-state index in [-0.39, 0.29) is 11.6 Å². The van der Waals surface area contributed by atoms with Crippen molar-refractivity contribution in [2.75, 3.05) is 19.0 Å². The van der Waals surface area contributed by atoms with Gasteiger partial charge < -0.3 is 15.0 Å². The number of fused-ring (bicyclic) bond motifs is 1. The number of para-hydroxylation sites is 1. The highest BCUT2D eigenvalue weighted by Gasteiger charge is 2.28. The largest absolute Gasteiger partial charge is 0.495 e. The molecule has 0 aliphatic carbocycles. The van der Waals surface area contributed by atoms with E-state index in [0.717, 1.165) is 24.8 Å². The molecule has 0 fully saturated rings. The molecule has 4 rings (SSSR count). The summed E-state index contributed by atoms with van der Waals surface area (Å²) >= 11 is 6.15. The van der Waals surface area contributed by atoms with E-state index in [9.17, 15) is 9.59 Å². The Balaban J connectivity index is 1.87. The average molecular weight is 533 g/mol. The Labute approximate surface area is 228 Å². The van der Waals surface area contributed by atoms with Gasteiger partial charge in [-0.15, -0.1) is 0 Å². The van der Waals surface area contributed by atoms with Crippen molar-refractivity contribution < 1.29 is 9.53 Å².